The Bertz CT molecular complexity index is 405. The smallest absolute Gasteiger partial charge is 0.191 e. The molecule has 0 aromatic heterocycles. The molecule has 0 aliphatic heterocycles. The van der Waals surface area contributed by atoms with Gasteiger partial charge in [0.15, 0.2) is 5.96 Å². The summed E-state index contributed by atoms with van der Waals surface area (Å²) >= 11 is 0. The third-order valence-electron chi connectivity index (χ3n) is 2.57. The van der Waals surface area contributed by atoms with Gasteiger partial charge in [-0.15, -0.1) is 24.0 Å². The first kappa shape index (κ1) is 15.2. The minimum atomic E-state index is -0.210. The third-order valence-corrected chi connectivity index (χ3v) is 2.57. The highest BCUT2D eigenvalue weighted by Crippen LogP contribution is 2.18. The summed E-state index contributed by atoms with van der Waals surface area (Å²) in [6.07, 6.45) is 2.43. The predicted octanol–water partition coefficient (Wildman–Crippen LogP) is 2.66. The molecule has 1 aromatic rings. The van der Waals surface area contributed by atoms with E-state index >= 15 is 0 Å². The number of nitrogens with zero attached hydrogens (tertiary/aromatic N) is 1. The summed E-state index contributed by atoms with van der Waals surface area (Å²) in [7, 11) is 0. The summed E-state index contributed by atoms with van der Waals surface area (Å²) in [6, 6.07) is 7.13. The fourth-order valence-electron chi connectivity index (χ4n) is 1.55. The largest absolute Gasteiger partial charge is 0.357 e. The number of halogens is 2. The van der Waals surface area contributed by atoms with Gasteiger partial charge in [0.1, 0.15) is 5.82 Å². The molecule has 0 unspecified atom stereocenters. The highest BCUT2D eigenvalue weighted by molar-refractivity contribution is 14.0. The lowest BCUT2D eigenvalue weighted by Crippen LogP contribution is -2.38. The second kappa shape index (κ2) is 7.56. The van der Waals surface area contributed by atoms with Gasteiger partial charge in [-0.1, -0.05) is 12.1 Å². The SMILES string of the molecule is CCNC(=NCc1cccc(F)c1)NC1CC1.I. The molecule has 0 radical (unpaired) electrons. The van der Waals surface area contributed by atoms with Crippen molar-refractivity contribution in [2.75, 3.05) is 6.54 Å². The topological polar surface area (TPSA) is 36.4 Å². The van der Waals surface area contributed by atoms with E-state index in [-0.39, 0.29) is 29.8 Å². The second-order valence-corrected chi connectivity index (χ2v) is 4.24. The molecule has 0 amide bonds. The zero-order valence-electron chi connectivity index (χ0n) is 10.4. The lowest BCUT2D eigenvalue weighted by Gasteiger charge is -2.10. The number of aliphatic imine (C=N–C) groups is 1. The normalized spacial score (nSPS) is 14.9. The van der Waals surface area contributed by atoms with Gasteiger partial charge in [-0.05, 0) is 37.5 Å². The number of rotatable bonds is 4. The van der Waals surface area contributed by atoms with Crippen molar-refractivity contribution in [1.29, 1.82) is 0 Å². The molecule has 1 aliphatic carbocycles. The summed E-state index contributed by atoms with van der Waals surface area (Å²) < 4.78 is 13.0. The molecule has 3 nitrogen and oxygen atoms in total. The Hall–Kier alpha value is -0.850. The van der Waals surface area contributed by atoms with Crippen molar-refractivity contribution in [1.82, 2.24) is 10.6 Å². The molecule has 2 rings (SSSR count). The van der Waals surface area contributed by atoms with Crippen LogP contribution in [-0.2, 0) is 6.54 Å². The lowest BCUT2D eigenvalue weighted by atomic mass is 10.2. The lowest BCUT2D eigenvalue weighted by molar-refractivity contribution is 0.625. The first-order chi connectivity index (χ1) is 8.28. The predicted molar refractivity (Wildman–Crippen MR) is 82.8 cm³/mol. The van der Waals surface area contributed by atoms with Crippen molar-refractivity contribution in [3.8, 4) is 0 Å². The molecular formula is C13H19FIN3. The summed E-state index contributed by atoms with van der Waals surface area (Å²) in [4.78, 5) is 4.43. The maximum absolute atomic E-state index is 13.0. The minimum absolute atomic E-state index is 0. The quantitative estimate of drug-likeness (QED) is 0.490. The molecule has 1 fully saturated rings. The second-order valence-electron chi connectivity index (χ2n) is 4.24. The Labute approximate surface area is 124 Å². The summed E-state index contributed by atoms with van der Waals surface area (Å²) in [6.45, 7) is 3.37. The average molecular weight is 363 g/mol. The van der Waals surface area contributed by atoms with Crippen molar-refractivity contribution < 1.29 is 4.39 Å². The molecule has 0 bridgehead atoms. The van der Waals surface area contributed by atoms with Crippen LogP contribution in [0.1, 0.15) is 25.3 Å². The molecule has 0 heterocycles. The van der Waals surface area contributed by atoms with Crippen LogP contribution in [0.4, 0.5) is 4.39 Å². The fourth-order valence-corrected chi connectivity index (χ4v) is 1.55. The van der Waals surface area contributed by atoms with E-state index in [0.717, 1.165) is 18.1 Å². The molecule has 0 spiro atoms. The average Bonchev–Trinajstić information content (AvgIpc) is 3.10. The van der Waals surface area contributed by atoms with Gasteiger partial charge in [-0.25, -0.2) is 9.38 Å². The Morgan fingerprint density at radius 3 is 2.83 bits per heavy atom. The zero-order chi connectivity index (χ0) is 12.1. The van der Waals surface area contributed by atoms with Crippen LogP contribution in [0.3, 0.4) is 0 Å². The van der Waals surface area contributed by atoms with Crippen LogP contribution < -0.4 is 10.6 Å². The molecule has 1 saturated carbocycles. The van der Waals surface area contributed by atoms with Crippen LogP contribution in [0.5, 0.6) is 0 Å². The first-order valence-corrected chi connectivity index (χ1v) is 6.07. The highest BCUT2D eigenvalue weighted by atomic mass is 127. The number of benzene rings is 1. The van der Waals surface area contributed by atoms with Crippen molar-refractivity contribution in [2.24, 2.45) is 4.99 Å². The fraction of sp³-hybridized carbons (Fsp3) is 0.462. The minimum Gasteiger partial charge on any atom is -0.357 e. The number of nitrogens with one attached hydrogen (secondary N) is 2. The van der Waals surface area contributed by atoms with E-state index in [1.807, 2.05) is 13.0 Å². The molecule has 1 aliphatic rings. The number of hydrogen-bond donors (Lipinski definition) is 2. The van der Waals surface area contributed by atoms with E-state index < -0.39 is 0 Å². The van der Waals surface area contributed by atoms with Crippen molar-refractivity contribution >= 4 is 29.9 Å². The van der Waals surface area contributed by atoms with Crippen molar-refractivity contribution in [3.63, 3.8) is 0 Å². The van der Waals surface area contributed by atoms with Crippen LogP contribution >= 0.6 is 24.0 Å². The molecule has 0 atom stereocenters. The monoisotopic (exact) mass is 363 g/mol. The summed E-state index contributed by atoms with van der Waals surface area (Å²) in [5, 5.41) is 6.51. The number of hydrogen-bond acceptors (Lipinski definition) is 1. The van der Waals surface area contributed by atoms with E-state index in [1.54, 1.807) is 6.07 Å². The maximum atomic E-state index is 13.0. The Morgan fingerprint density at radius 1 is 1.44 bits per heavy atom. The maximum Gasteiger partial charge on any atom is 0.191 e. The third kappa shape index (κ3) is 5.20. The molecule has 5 heteroatoms. The molecular weight excluding hydrogens is 344 g/mol. The van der Waals surface area contributed by atoms with Gasteiger partial charge >= 0.3 is 0 Å². The van der Waals surface area contributed by atoms with Crippen molar-refractivity contribution in [2.45, 2.75) is 32.4 Å². The van der Waals surface area contributed by atoms with Crippen molar-refractivity contribution in [3.05, 3.63) is 35.6 Å². The Morgan fingerprint density at radius 2 is 2.22 bits per heavy atom. The van der Waals surface area contributed by atoms with Gasteiger partial charge in [-0.3, -0.25) is 0 Å². The first-order valence-electron chi connectivity index (χ1n) is 6.07. The van der Waals surface area contributed by atoms with Crippen LogP contribution in [0.15, 0.2) is 29.3 Å². The number of guanidine groups is 1. The van der Waals surface area contributed by atoms with Gasteiger partial charge in [0.05, 0.1) is 6.54 Å². The van der Waals surface area contributed by atoms with E-state index in [4.69, 9.17) is 0 Å². The Balaban J connectivity index is 0.00000162. The standard InChI is InChI=1S/C13H18FN3.HI/c1-2-15-13(17-12-6-7-12)16-9-10-4-3-5-11(14)8-10;/h3-5,8,12H,2,6-7,9H2,1H3,(H2,15,16,17);1H. The van der Waals surface area contributed by atoms with E-state index in [0.29, 0.717) is 12.6 Å². The van der Waals surface area contributed by atoms with Gasteiger partial charge < -0.3 is 10.6 Å². The summed E-state index contributed by atoms with van der Waals surface area (Å²) in [5.41, 5.74) is 0.887. The molecule has 1 aromatic carbocycles. The van der Waals surface area contributed by atoms with E-state index in [2.05, 4.69) is 15.6 Å². The zero-order valence-corrected chi connectivity index (χ0v) is 12.8. The van der Waals surface area contributed by atoms with Gasteiger partial charge in [-0.2, -0.15) is 0 Å². The highest BCUT2D eigenvalue weighted by Gasteiger charge is 2.21. The molecule has 18 heavy (non-hydrogen) atoms. The van der Waals surface area contributed by atoms with Gasteiger partial charge in [0.2, 0.25) is 0 Å². The molecule has 2 N–H and O–H groups in total. The van der Waals surface area contributed by atoms with Crippen LogP contribution in [0, 0.1) is 5.82 Å². The van der Waals surface area contributed by atoms with Gasteiger partial charge in [0.25, 0.3) is 0 Å². The molecule has 100 valence electrons. The van der Waals surface area contributed by atoms with Crippen LogP contribution in [-0.4, -0.2) is 18.5 Å². The summed E-state index contributed by atoms with van der Waals surface area (Å²) in [5.74, 6) is 0.608. The van der Waals surface area contributed by atoms with Gasteiger partial charge in [0, 0.05) is 12.6 Å². The molecule has 0 saturated heterocycles. The van der Waals surface area contributed by atoms with Crippen LogP contribution in [0.2, 0.25) is 0 Å². The van der Waals surface area contributed by atoms with E-state index in [9.17, 15) is 4.39 Å². The van der Waals surface area contributed by atoms with E-state index in [1.165, 1.54) is 25.0 Å². The van der Waals surface area contributed by atoms with Crippen LogP contribution in [0.25, 0.3) is 0 Å². The Kier molecular flexibility index (Phi) is 6.38.